The molecule has 3 aromatic carbocycles. The molecule has 3 heterocycles. The van der Waals surface area contributed by atoms with Gasteiger partial charge in [0, 0.05) is 42.1 Å². The number of benzene rings is 3. The molecule has 0 unspecified atom stereocenters. The summed E-state index contributed by atoms with van der Waals surface area (Å²) in [7, 11) is 0. The van der Waals surface area contributed by atoms with Crippen LogP contribution in [0.1, 0.15) is 45.6 Å². The number of aliphatic carboxylic acids is 1. The molecule has 1 aromatic heterocycles. The fourth-order valence-electron chi connectivity index (χ4n) is 6.21. The third-order valence-electron chi connectivity index (χ3n) is 8.15. The zero-order valence-corrected chi connectivity index (χ0v) is 23.0. The first-order valence-corrected chi connectivity index (χ1v) is 13.9. The van der Waals surface area contributed by atoms with E-state index in [9.17, 15) is 14.3 Å². The van der Waals surface area contributed by atoms with Crippen molar-refractivity contribution >= 4 is 5.97 Å². The van der Waals surface area contributed by atoms with Crippen LogP contribution in [0.25, 0.3) is 22.3 Å². The second-order valence-electron chi connectivity index (χ2n) is 10.9. The van der Waals surface area contributed by atoms with E-state index in [0.717, 1.165) is 95.0 Å². The van der Waals surface area contributed by atoms with E-state index >= 15 is 0 Å². The van der Waals surface area contributed by atoms with Gasteiger partial charge in [0.15, 0.2) is 0 Å². The fourth-order valence-corrected chi connectivity index (χ4v) is 6.21. The molecule has 4 aromatic rings. The van der Waals surface area contributed by atoms with Crippen molar-refractivity contribution in [3.63, 3.8) is 0 Å². The van der Waals surface area contributed by atoms with Crippen molar-refractivity contribution in [1.29, 1.82) is 0 Å². The number of ether oxygens (including phenoxy) is 1. The maximum atomic E-state index is 14.3. The van der Waals surface area contributed by atoms with Gasteiger partial charge in [0.1, 0.15) is 11.6 Å². The van der Waals surface area contributed by atoms with E-state index in [1.807, 2.05) is 38.1 Å². The summed E-state index contributed by atoms with van der Waals surface area (Å²) < 4.78 is 20.1. The van der Waals surface area contributed by atoms with Crippen LogP contribution >= 0.6 is 0 Å². The van der Waals surface area contributed by atoms with Gasteiger partial charge in [-0.05, 0) is 90.3 Å². The number of rotatable bonds is 6. The predicted molar refractivity (Wildman–Crippen MR) is 154 cm³/mol. The largest absolute Gasteiger partial charge is 0.493 e. The number of aromatic nitrogens is 1. The lowest BCUT2D eigenvalue weighted by atomic mass is 9.85. The average molecular weight is 537 g/mol. The van der Waals surface area contributed by atoms with Crippen LogP contribution in [-0.4, -0.2) is 34.1 Å². The van der Waals surface area contributed by atoms with Crippen LogP contribution in [0.2, 0.25) is 0 Å². The third kappa shape index (κ3) is 5.11. The topological polar surface area (TPSA) is 62.7 Å². The predicted octanol–water partition coefficient (Wildman–Crippen LogP) is 6.68. The van der Waals surface area contributed by atoms with Crippen LogP contribution in [0.4, 0.5) is 4.39 Å². The van der Waals surface area contributed by atoms with Crippen LogP contribution in [0.15, 0.2) is 60.7 Å². The van der Waals surface area contributed by atoms with Crippen LogP contribution in [0.5, 0.6) is 5.75 Å². The van der Waals surface area contributed by atoms with Gasteiger partial charge in [-0.1, -0.05) is 42.5 Å². The summed E-state index contributed by atoms with van der Waals surface area (Å²) in [4.78, 5) is 19.1. The number of carbonyl (C=O) groups is 1. The first-order valence-electron chi connectivity index (χ1n) is 13.9. The van der Waals surface area contributed by atoms with Gasteiger partial charge in [-0.2, -0.15) is 0 Å². The molecule has 6 heteroatoms. The summed E-state index contributed by atoms with van der Waals surface area (Å²) in [6.45, 7) is 6.82. The van der Waals surface area contributed by atoms with Crippen molar-refractivity contribution in [3.8, 4) is 28.0 Å². The quantitative estimate of drug-likeness (QED) is 0.298. The standard InChI is InChI=1S/C34H33FN2O3/c1-21-29(18-32(38)39)34(26-11-12-31-24(17-26)7-5-15-40-31)33(22(2)36-21)25-9-10-27-19-37(14-13-23(27)16-25)20-28-6-3-4-8-30(28)35/h3-4,6,8-12,16-17H,5,7,13-15,18-20H2,1-2H3,(H,38,39). The molecular weight excluding hydrogens is 503 g/mol. The Balaban J connectivity index is 1.41. The minimum absolute atomic E-state index is 0.0923. The lowest BCUT2D eigenvalue weighted by Crippen LogP contribution is -2.30. The molecule has 2 aliphatic heterocycles. The highest BCUT2D eigenvalue weighted by molar-refractivity contribution is 5.90. The second kappa shape index (κ2) is 10.9. The van der Waals surface area contributed by atoms with Crippen molar-refractivity contribution in [2.45, 2.75) is 52.6 Å². The van der Waals surface area contributed by atoms with Crippen molar-refractivity contribution in [3.05, 3.63) is 106 Å². The number of carboxylic acids is 1. The fraction of sp³-hybridized carbons (Fsp3) is 0.294. The summed E-state index contributed by atoms with van der Waals surface area (Å²) in [5.41, 5.74) is 10.7. The molecule has 0 fully saturated rings. The first-order chi connectivity index (χ1) is 19.4. The Bertz CT molecular complexity index is 1610. The van der Waals surface area contributed by atoms with Crippen molar-refractivity contribution in [2.75, 3.05) is 13.2 Å². The molecule has 0 saturated heterocycles. The van der Waals surface area contributed by atoms with Gasteiger partial charge >= 0.3 is 5.97 Å². The third-order valence-corrected chi connectivity index (χ3v) is 8.15. The monoisotopic (exact) mass is 536 g/mol. The minimum atomic E-state index is -0.873. The molecule has 0 atom stereocenters. The molecule has 6 rings (SSSR count). The molecule has 40 heavy (non-hydrogen) atoms. The number of halogens is 1. The Hall–Kier alpha value is -4.03. The second-order valence-corrected chi connectivity index (χ2v) is 10.9. The van der Waals surface area contributed by atoms with Crippen molar-refractivity contribution in [1.82, 2.24) is 9.88 Å². The van der Waals surface area contributed by atoms with Crippen LogP contribution in [0.3, 0.4) is 0 Å². The summed E-state index contributed by atoms with van der Waals surface area (Å²) in [6.07, 6.45) is 2.69. The van der Waals surface area contributed by atoms with E-state index in [1.54, 1.807) is 6.07 Å². The van der Waals surface area contributed by atoms with Gasteiger partial charge in [-0.25, -0.2) is 4.39 Å². The first kappa shape index (κ1) is 26.2. The number of aryl methyl sites for hydroxylation is 3. The van der Waals surface area contributed by atoms with Gasteiger partial charge in [0.2, 0.25) is 0 Å². The molecule has 0 spiro atoms. The molecular formula is C34H33FN2O3. The number of carboxylic acid groups (broad SMARTS) is 1. The minimum Gasteiger partial charge on any atom is -0.493 e. The zero-order valence-electron chi connectivity index (χ0n) is 23.0. The number of hydrogen-bond donors (Lipinski definition) is 1. The Labute approximate surface area is 234 Å². The maximum absolute atomic E-state index is 14.3. The maximum Gasteiger partial charge on any atom is 0.307 e. The molecule has 0 bridgehead atoms. The Morgan fingerprint density at radius 1 is 0.950 bits per heavy atom. The van der Waals surface area contributed by atoms with E-state index in [-0.39, 0.29) is 12.2 Å². The summed E-state index contributed by atoms with van der Waals surface area (Å²) in [5.74, 6) is -0.125. The van der Waals surface area contributed by atoms with Gasteiger partial charge in [-0.3, -0.25) is 14.7 Å². The van der Waals surface area contributed by atoms with Crippen molar-refractivity contribution in [2.24, 2.45) is 0 Å². The van der Waals surface area contributed by atoms with Crippen LogP contribution < -0.4 is 4.74 Å². The summed E-state index contributed by atoms with van der Waals surface area (Å²) in [5, 5.41) is 9.82. The average Bonchev–Trinajstić information content (AvgIpc) is 2.95. The molecule has 1 N–H and O–H groups in total. The van der Waals surface area contributed by atoms with E-state index in [2.05, 4.69) is 29.2 Å². The molecule has 204 valence electrons. The lowest BCUT2D eigenvalue weighted by molar-refractivity contribution is -0.136. The van der Waals surface area contributed by atoms with E-state index in [1.165, 1.54) is 17.2 Å². The number of pyridine rings is 1. The van der Waals surface area contributed by atoms with Crippen LogP contribution in [-0.2, 0) is 37.1 Å². The van der Waals surface area contributed by atoms with Gasteiger partial charge in [0.05, 0.1) is 13.0 Å². The molecule has 2 aliphatic rings. The zero-order chi connectivity index (χ0) is 27.8. The molecule has 0 radical (unpaired) electrons. The van der Waals surface area contributed by atoms with Gasteiger partial charge in [0.25, 0.3) is 0 Å². The Morgan fingerprint density at radius 3 is 2.55 bits per heavy atom. The highest BCUT2D eigenvalue weighted by Gasteiger charge is 2.24. The van der Waals surface area contributed by atoms with E-state index < -0.39 is 5.97 Å². The molecule has 0 amide bonds. The van der Waals surface area contributed by atoms with Gasteiger partial charge in [-0.15, -0.1) is 0 Å². The van der Waals surface area contributed by atoms with E-state index in [0.29, 0.717) is 6.54 Å². The summed E-state index contributed by atoms with van der Waals surface area (Å²) >= 11 is 0. The Morgan fingerprint density at radius 2 is 1.73 bits per heavy atom. The number of nitrogens with zero attached hydrogens (tertiary/aromatic N) is 2. The van der Waals surface area contributed by atoms with E-state index in [4.69, 9.17) is 9.72 Å². The SMILES string of the molecule is Cc1nc(C)c(-c2ccc3c(c2)CCN(Cc2ccccc2F)C3)c(-c2ccc3c(c2)CCCO3)c1CC(=O)O. The van der Waals surface area contributed by atoms with Gasteiger partial charge < -0.3 is 9.84 Å². The molecule has 0 saturated carbocycles. The highest BCUT2D eigenvalue weighted by Crippen LogP contribution is 2.41. The molecule has 0 aliphatic carbocycles. The number of fused-ring (bicyclic) bond motifs is 2. The Kier molecular flexibility index (Phi) is 7.11. The lowest BCUT2D eigenvalue weighted by Gasteiger charge is -2.29. The summed E-state index contributed by atoms with van der Waals surface area (Å²) in [6, 6.07) is 19.7. The van der Waals surface area contributed by atoms with Crippen molar-refractivity contribution < 1.29 is 19.0 Å². The smallest absolute Gasteiger partial charge is 0.307 e. The highest BCUT2D eigenvalue weighted by atomic mass is 19.1. The van der Waals surface area contributed by atoms with Crippen LogP contribution in [0, 0.1) is 19.7 Å². The number of hydrogen-bond acceptors (Lipinski definition) is 4. The normalized spacial score (nSPS) is 14.8. The molecule has 5 nitrogen and oxygen atoms in total.